The Morgan fingerprint density at radius 2 is 1.60 bits per heavy atom. The summed E-state index contributed by atoms with van der Waals surface area (Å²) in [6, 6.07) is 16.5. The van der Waals surface area contributed by atoms with E-state index >= 15 is 0 Å². The minimum Gasteiger partial charge on any atom is -0.394 e. The number of aliphatic hydroxyl groups is 1. The topological polar surface area (TPSA) is 152 Å². The number of aromatic nitrogens is 2. The standard InChI is InChI=1S/C28H28F3N7O3S.C3H6/c1-17(16-39)34-25-24(15-33-26(38-25)35-20-10-12-23(13-11-20)42(2,32)41)18-6-8-21(9-7-18)36-27(40)37-22-5-3-4-19(14-22)28(29,30)31;1-2-3-1/h3-15,17,32,39H,16H2,1-2H3,(H2,36,37,40)(H2,33,34,35,38);1-3H2/t17-,42?;/m1./s1. The maximum Gasteiger partial charge on any atom is 0.416 e. The van der Waals surface area contributed by atoms with Gasteiger partial charge >= 0.3 is 12.2 Å². The van der Waals surface area contributed by atoms with Gasteiger partial charge in [0.2, 0.25) is 5.95 Å². The summed E-state index contributed by atoms with van der Waals surface area (Å²) in [5.41, 5.74) is 1.44. The van der Waals surface area contributed by atoms with E-state index in [0.29, 0.717) is 33.2 Å². The minimum atomic E-state index is -4.53. The molecule has 45 heavy (non-hydrogen) atoms. The fourth-order valence-electron chi connectivity index (χ4n) is 3.77. The van der Waals surface area contributed by atoms with E-state index in [1.165, 1.54) is 37.7 Å². The van der Waals surface area contributed by atoms with E-state index in [9.17, 15) is 27.3 Å². The second kappa shape index (κ2) is 14.4. The maximum atomic E-state index is 12.9. The summed E-state index contributed by atoms with van der Waals surface area (Å²) >= 11 is 0. The highest BCUT2D eigenvalue weighted by atomic mass is 32.2. The fraction of sp³-hybridized carbons (Fsp3) is 0.258. The Balaban J connectivity index is 0.00000145. The van der Waals surface area contributed by atoms with Crippen molar-refractivity contribution in [2.45, 2.75) is 43.3 Å². The number of carbonyl (C=O) groups excluding carboxylic acids is 1. The second-order valence-electron chi connectivity index (χ2n) is 10.5. The average Bonchev–Trinajstić information content (AvgIpc) is 3.87. The lowest BCUT2D eigenvalue weighted by Gasteiger charge is -2.17. The molecule has 1 unspecified atom stereocenters. The molecule has 14 heteroatoms. The molecule has 1 heterocycles. The summed E-state index contributed by atoms with van der Waals surface area (Å²) in [6.07, 6.45) is 2.90. The zero-order valence-corrected chi connectivity index (χ0v) is 25.4. The number of carbonyl (C=O) groups is 1. The number of urea groups is 1. The van der Waals surface area contributed by atoms with Gasteiger partial charge in [0.25, 0.3) is 0 Å². The predicted molar refractivity (Wildman–Crippen MR) is 170 cm³/mol. The molecule has 1 aromatic heterocycles. The van der Waals surface area contributed by atoms with Gasteiger partial charge in [-0.25, -0.2) is 18.8 Å². The van der Waals surface area contributed by atoms with Crippen LogP contribution in [-0.4, -0.2) is 44.2 Å². The van der Waals surface area contributed by atoms with Gasteiger partial charge in [0.05, 0.1) is 21.9 Å². The van der Waals surface area contributed by atoms with Crippen molar-refractivity contribution in [2.75, 3.05) is 34.1 Å². The third-order valence-electron chi connectivity index (χ3n) is 6.26. The summed E-state index contributed by atoms with van der Waals surface area (Å²) in [5, 5.41) is 20.7. The molecule has 5 rings (SSSR count). The van der Waals surface area contributed by atoms with Crippen LogP contribution in [0.25, 0.3) is 11.1 Å². The second-order valence-corrected chi connectivity index (χ2v) is 12.6. The van der Waals surface area contributed by atoms with Crippen LogP contribution in [0.2, 0.25) is 0 Å². The van der Waals surface area contributed by atoms with Gasteiger partial charge in [0, 0.05) is 46.0 Å². The van der Waals surface area contributed by atoms with Crippen molar-refractivity contribution in [3.63, 3.8) is 0 Å². The Kier molecular flexibility index (Phi) is 10.6. The number of amides is 2. The Labute approximate surface area is 259 Å². The average molecular weight is 642 g/mol. The number of anilines is 5. The third kappa shape index (κ3) is 10.2. The number of nitrogens with zero attached hydrogens (tertiary/aromatic N) is 2. The van der Waals surface area contributed by atoms with E-state index < -0.39 is 27.5 Å². The summed E-state index contributed by atoms with van der Waals surface area (Å²) in [5.74, 6) is 0.684. The smallest absolute Gasteiger partial charge is 0.394 e. The monoisotopic (exact) mass is 641 g/mol. The summed E-state index contributed by atoms with van der Waals surface area (Å²) in [6.45, 7) is 1.62. The van der Waals surface area contributed by atoms with Crippen LogP contribution in [0.5, 0.6) is 0 Å². The van der Waals surface area contributed by atoms with Crippen molar-refractivity contribution < 1.29 is 27.3 Å². The number of aliphatic hydroxyl groups excluding tert-OH is 1. The van der Waals surface area contributed by atoms with Crippen LogP contribution in [0.4, 0.5) is 46.8 Å². The van der Waals surface area contributed by atoms with Crippen LogP contribution in [0.15, 0.2) is 83.9 Å². The number of halogens is 3. The summed E-state index contributed by atoms with van der Waals surface area (Å²) in [4.78, 5) is 21.7. The first-order chi connectivity index (χ1) is 21.3. The number of rotatable bonds is 9. The highest BCUT2D eigenvalue weighted by Gasteiger charge is 2.30. The van der Waals surface area contributed by atoms with Crippen LogP contribution in [-0.2, 0) is 15.9 Å². The zero-order chi connectivity index (χ0) is 32.6. The lowest BCUT2D eigenvalue weighted by molar-refractivity contribution is -0.137. The molecule has 2 amide bonds. The van der Waals surface area contributed by atoms with E-state index in [1.54, 1.807) is 61.7 Å². The summed E-state index contributed by atoms with van der Waals surface area (Å²) < 4.78 is 58.5. The molecule has 2 atom stereocenters. The molecular weight excluding hydrogens is 607 g/mol. The first-order valence-electron chi connectivity index (χ1n) is 14.0. The lowest BCUT2D eigenvalue weighted by Crippen LogP contribution is -2.21. The zero-order valence-electron chi connectivity index (χ0n) is 24.6. The molecule has 238 valence electrons. The van der Waals surface area contributed by atoms with Crippen LogP contribution < -0.4 is 21.3 Å². The SMILES string of the molecule is C1CC1.C[C@H](CO)Nc1nc(Nc2ccc(S(C)(=N)=O)cc2)ncc1-c1ccc(NC(=O)Nc2cccc(C(F)(F)F)c2)cc1. The number of alkyl halides is 3. The molecule has 1 aliphatic carbocycles. The number of hydrogen-bond donors (Lipinski definition) is 6. The molecule has 1 fully saturated rings. The van der Waals surface area contributed by atoms with Gasteiger partial charge in [-0.1, -0.05) is 37.5 Å². The van der Waals surface area contributed by atoms with Crippen molar-refractivity contribution in [1.29, 1.82) is 4.78 Å². The molecule has 0 radical (unpaired) electrons. The highest BCUT2D eigenvalue weighted by Crippen LogP contribution is 2.31. The molecule has 4 aromatic rings. The molecule has 1 aliphatic rings. The van der Waals surface area contributed by atoms with Crippen molar-refractivity contribution >= 4 is 44.6 Å². The molecule has 1 saturated carbocycles. The lowest BCUT2D eigenvalue weighted by atomic mass is 10.1. The summed E-state index contributed by atoms with van der Waals surface area (Å²) in [7, 11) is -2.84. The number of hydrogen-bond acceptors (Lipinski definition) is 8. The van der Waals surface area contributed by atoms with Gasteiger partial charge in [0.15, 0.2) is 0 Å². The highest BCUT2D eigenvalue weighted by molar-refractivity contribution is 7.91. The Bertz CT molecular complexity index is 1710. The number of nitrogens with one attached hydrogen (secondary N) is 5. The van der Waals surface area contributed by atoms with Crippen LogP contribution in [0.1, 0.15) is 31.7 Å². The first-order valence-corrected chi connectivity index (χ1v) is 16.0. The van der Waals surface area contributed by atoms with E-state index in [1.807, 2.05) is 0 Å². The first kappa shape index (κ1) is 33.2. The van der Waals surface area contributed by atoms with Crippen molar-refractivity contribution in [3.8, 4) is 11.1 Å². The van der Waals surface area contributed by atoms with Crippen molar-refractivity contribution in [3.05, 3.63) is 84.6 Å². The largest absolute Gasteiger partial charge is 0.416 e. The molecule has 0 saturated heterocycles. The van der Waals surface area contributed by atoms with Crippen LogP contribution in [0, 0.1) is 4.78 Å². The van der Waals surface area contributed by atoms with Crippen molar-refractivity contribution in [2.24, 2.45) is 0 Å². The Hall–Kier alpha value is -4.69. The Morgan fingerprint density at radius 3 is 2.18 bits per heavy atom. The quantitative estimate of drug-likeness (QED) is 0.110. The van der Waals surface area contributed by atoms with E-state index in [-0.39, 0.29) is 24.3 Å². The van der Waals surface area contributed by atoms with Gasteiger partial charge in [0.1, 0.15) is 5.82 Å². The molecule has 3 aromatic carbocycles. The van der Waals surface area contributed by atoms with E-state index in [2.05, 4.69) is 31.2 Å². The van der Waals surface area contributed by atoms with Crippen LogP contribution in [0.3, 0.4) is 0 Å². The van der Waals surface area contributed by atoms with Gasteiger partial charge in [-0.2, -0.15) is 18.2 Å². The fourth-order valence-corrected chi connectivity index (χ4v) is 4.42. The molecule has 0 aliphatic heterocycles. The van der Waals surface area contributed by atoms with Gasteiger partial charge < -0.3 is 26.4 Å². The maximum absolute atomic E-state index is 12.9. The Morgan fingerprint density at radius 1 is 0.978 bits per heavy atom. The third-order valence-corrected chi connectivity index (χ3v) is 7.43. The molecule has 6 N–H and O–H groups in total. The van der Waals surface area contributed by atoms with Crippen LogP contribution >= 0.6 is 0 Å². The number of benzene rings is 3. The van der Waals surface area contributed by atoms with Gasteiger partial charge in [-0.15, -0.1) is 0 Å². The molecule has 10 nitrogen and oxygen atoms in total. The minimum absolute atomic E-state index is 0.00386. The predicted octanol–water partition coefficient (Wildman–Crippen LogP) is 7.55. The molecule has 0 bridgehead atoms. The van der Waals surface area contributed by atoms with Gasteiger partial charge in [-0.05, 0) is 67.1 Å². The molecule has 0 spiro atoms. The molecular formula is C31H34F3N7O3S. The van der Waals surface area contributed by atoms with E-state index in [4.69, 9.17) is 4.78 Å². The van der Waals surface area contributed by atoms with E-state index in [0.717, 1.165) is 12.1 Å². The normalized spacial score (nSPS) is 14.2. The van der Waals surface area contributed by atoms with Crippen molar-refractivity contribution in [1.82, 2.24) is 9.97 Å². The van der Waals surface area contributed by atoms with Gasteiger partial charge in [-0.3, -0.25) is 0 Å².